The highest BCUT2D eigenvalue weighted by Crippen LogP contribution is 2.45. The zero-order valence-electron chi connectivity index (χ0n) is 35.7. The predicted molar refractivity (Wildman–Crippen MR) is 246 cm³/mol. The standard InChI is InChI=1S/C23H26ClN5O2.C13H19N3O.C9H7BrClN3O/c1-28-23(31-19-5-3-4-17(24)10-19)26-21(27-28)12-20-15-6-7-16(20)14-29(13-15)18-8-9-25-22(11-18)30-2;1-17-12-6-11(4-5-15-12)16-7-9-2-3-10(8-16)13(9)14;1-14-9(12-8(10)13-14)15-7-4-2-3-6(11)5-7/h3-5,8-11,15-16,20H,6-7,12-14H2,1-2H3;4-6,9-10,13H,2-3,7-8,14H2,1H3;2-5H,1H3. The summed E-state index contributed by atoms with van der Waals surface area (Å²) in [5, 5.41) is 9.88. The number of nitrogens with two attached hydrogens (primary N) is 1. The smallest absolute Gasteiger partial charge is 0.321 e. The molecule has 6 aromatic rings. The van der Waals surface area contributed by atoms with Gasteiger partial charge >= 0.3 is 12.0 Å². The summed E-state index contributed by atoms with van der Waals surface area (Å²) >= 11 is 15.0. The largest absolute Gasteiger partial charge is 0.481 e. The first-order valence-electron chi connectivity index (χ1n) is 21.1. The van der Waals surface area contributed by atoms with E-state index in [-0.39, 0.29) is 0 Å². The molecular weight excluding hydrogens is 909 g/mol. The number of fused-ring (bicyclic) bond motifs is 4. The molecule has 4 bridgehead atoms. The molecule has 6 heterocycles. The number of methoxy groups -OCH3 is 2. The lowest BCUT2D eigenvalue weighted by atomic mass is 9.82. The normalized spacial score (nSPS) is 22.1. The molecule has 4 aliphatic rings. The number of pyridine rings is 2. The third kappa shape index (κ3) is 11.0. The minimum Gasteiger partial charge on any atom is -0.481 e. The van der Waals surface area contributed by atoms with Crippen molar-refractivity contribution in [2.75, 3.05) is 50.2 Å². The highest BCUT2D eigenvalue weighted by atomic mass is 79.9. The first kappa shape index (κ1) is 44.4. The molecule has 4 fully saturated rings. The van der Waals surface area contributed by atoms with Crippen molar-refractivity contribution in [1.29, 1.82) is 0 Å². The zero-order chi connectivity index (χ0) is 44.0. The number of piperidine rings is 2. The highest BCUT2D eigenvalue weighted by molar-refractivity contribution is 9.10. The van der Waals surface area contributed by atoms with Crippen LogP contribution in [-0.4, -0.2) is 85.9 Å². The number of aryl methyl sites for hydroxylation is 2. The minimum atomic E-state index is 0.407. The maximum absolute atomic E-state index is 6.22. The fraction of sp³-hybridized carbons (Fsp3) is 0.422. The molecular formula is C45H52BrCl2N11O4. The molecule has 0 radical (unpaired) electrons. The molecule has 0 amide bonds. The Morgan fingerprint density at radius 1 is 0.651 bits per heavy atom. The van der Waals surface area contributed by atoms with Crippen LogP contribution in [0.4, 0.5) is 11.4 Å². The molecule has 10 rings (SSSR count). The number of halogens is 3. The third-order valence-electron chi connectivity index (χ3n) is 12.4. The number of hydrogen-bond donors (Lipinski definition) is 1. The van der Waals surface area contributed by atoms with E-state index in [0.717, 1.165) is 38.4 Å². The van der Waals surface area contributed by atoms with E-state index in [4.69, 9.17) is 47.9 Å². The molecule has 4 atom stereocenters. The zero-order valence-corrected chi connectivity index (χ0v) is 38.8. The Morgan fingerprint density at radius 3 is 1.60 bits per heavy atom. The van der Waals surface area contributed by atoms with Gasteiger partial charge in [0.05, 0.1) is 14.2 Å². The molecule has 4 aromatic heterocycles. The van der Waals surface area contributed by atoms with Crippen molar-refractivity contribution in [3.05, 3.63) is 106 Å². The van der Waals surface area contributed by atoms with Crippen LogP contribution >= 0.6 is 39.1 Å². The van der Waals surface area contributed by atoms with Crippen molar-refractivity contribution >= 4 is 50.5 Å². The van der Waals surface area contributed by atoms with E-state index in [2.05, 4.69) is 68.0 Å². The second kappa shape index (κ2) is 20.1. The van der Waals surface area contributed by atoms with E-state index >= 15 is 0 Å². The number of hydrogen-bond acceptors (Lipinski definition) is 13. The van der Waals surface area contributed by atoms with Crippen molar-refractivity contribution < 1.29 is 18.9 Å². The topological polar surface area (TPSA) is 157 Å². The van der Waals surface area contributed by atoms with Gasteiger partial charge in [-0.3, -0.25) is 0 Å². The maximum Gasteiger partial charge on any atom is 0.321 e. The van der Waals surface area contributed by atoms with Crippen LogP contribution in [0, 0.1) is 29.6 Å². The van der Waals surface area contributed by atoms with Gasteiger partial charge in [-0.1, -0.05) is 35.3 Å². The van der Waals surface area contributed by atoms with Crippen LogP contribution in [0.15, 0.2) is 89.9 Å². The summed E-state index contributed by atoms with van der Waals surface area (Å²) in [5.41, 5.74) is 8.62. The second-order valence-electron chi connectivity index (χ2n) is 16.4. The average Bonchev–Trinajstić information content (AvgIpc) is 3.91. The maximum atomic E-state index is 6.22. The number of nitrogens with zero attached hydrogens (tertiary/aromatic N) is 10. The summed E-state index contributed by atoms with van der Waals surface area (Å²) in [6.07, 6.45) is 9.59. The van der Waals surface area contributed by atoms with Gasteiger partial charge in [-0.25, -0.2) is 19.3 Å². The van der Waals surface area contributed by atoms with Crippen molar-refractivity contribution in [2.24, 2.45) is 49.4 Å². The van der Waals surface area contributed by atoms with Crippen molar-refractivity contribution in [3.8, 4) is 35.3 Å². The summed E-state index contributed by atoms with van der Waals surface area (Å²) in [5.74, 6) is 6.68. The molecule has 2 aliphatic heterocycles. The molecule has 63 heavy (non-hydrogen) atoms. The van der Waals surface area contributed by atoms with Gasteiger partial charge in [0.15, 0.2) is 5.82 Å². The van der Waals surface area contributed by atoms with Crippen LogP contribution in [0.5, 0.6) is 35.3 Å². The average molecular weight is 962 g/mol. The number of aromatic nitrogens is 8. The van der Waals surface area contributed by atoms with Gasteiger partial charge in [-0.15, -0.1) is 5.10 Å². The molecule has 2 aromatic carbocycles. The quantitative estimate of drug-likeness (QED) is 0.139. The first-order chi connectivity index (χ1) is 30.5. The van der Waals surface area contributed by atoms with E-state index in [9.17, 15) is 0 Å². The van der Waals surface area contributed by atoms with Crippen LogP contribution in [0.2, 0.25) is 10.0 Å². The van der Waals surface area contributed by atoms with Crippen LogP contribution in [-0.2, 0) is 20.5 Å². The summed E-state index contributed by atoms with van der Waals surface area (Å²) in [6, 6.07) is 23.9. The van der Waals surface area contributed by atoms with Gasteiger partial charge in [0.1, 0.15) is 11.5 Å². The van der Waals surface area contributed by atoms with Gasteiger partial charge in [0, 0.05) is 98.7 Å². The van der Waals surface area contributed by atoms with Crippen molar-refractivity contribution in [2.45, 2.75) is 38.1 Å². The van der Waals surface area contributed by atoms with Gasteiger partial charge in [-0.05, 0) is 120 Å². The fourth-order valence-corrected chi connectivity index (χ4v) is 10.0. The van der Waals surface area contributed by atoms with Crippen LogP contribution in [0.3, 0.4) is 0 Å². The van der Waals surface area contributed by atoms with Gasteiger partial charge in [0.25, 0.3) is 0 Å². The Kier molecular flexibility index (Phi) is 14.2. The van der Waals surface area contributed by atoms with Crippen LogP contribution < -0.4 is 34.5 Å². The first-order valence-corrected chi connectivity index (χ1v) is 22.7. The lowest BCUT2D eigenvalue weighted by Crippen LogP contribution is -2.48. The molecule has 0 spiro atoms. The Morgan fingerprint density at radius 2 is 1.13 bits per heavy atom. The van der Waals surface area contributed by atoms with E-state index < -0.39 is 0 Å². The van der Waals surface area contributed by atoms with Crippen LogP contribution in [0.1, 0.15) is 31.5 Å². The van der Waals surface area contributed by atoms with Crippen LogP contribution in [0.25, 0.3) is 0 Å². The molecule has 2 aliphatic carbocycles. The van der Waals surface area contributed by atoms with E-state index in [1.165, 1.54) is 41.7 Å². The van der Waals surface area contributed by atoms with Crippen molar-refractivity contribution in [1.82, 2.24) is 39.5 Å². The Labute approximate surface area is 386 Å². The minimum absolute atomic E-state index is 0.407. The monoisotopic (exact) mass is 959 g/mol. The predicted octanol–water partition coefficient (Wildman–Crippen LogP) is 8.66. The highest BCUT2D eigenvalue weighted by Gasteiger charge is 2.43. The van der Waals surface area contributed by atoms with Gasteiger partial charge in [0.2, 0.25) is 16.5 Å². The van der Waals surface area contributed by atoms with Gasteiger partial charge in [-0.2, -0.15) is 15.1 Å². The molecule has 2 N–H and O–H groups in total. The Balaban J connectivity index is 0.000000143. The fourth-order valence-electron chi connectivity index (χ4n) is 9.28. The number of benzene rings is 2. The Bertz CT molecular complexity index is 2450. The summed E-state index contributed by atoms with van der Waals surface area (Å²) in [4.78, 5) is 22.0. The van der Waals surface area contributed by atoms with E-state index in [1.54, 1.807) is 50.2 Å². The molecule has 4 unspecified atom stereocenters. The molecule has 18 heteroatoms. The molecule has 2 saturated carbocycles. The number of rotatable bonds is 10. The summed E-state index contributed by atoms with van der Waals surface area (Å²) in [7, 11) is 6.93. The third-order valence-corrected chi connectivity index (χ3v) is 13.2. The SMILES string of the molecule is COc1cc(N2CC3CCC(C2)C3Cc2nc(Oc3cccc(Cl)c3)n(C)n2)ccn1.COc1cc(N2CC3CCC(C2)C3N)ccn1.Cn1nc(Br)nc1Oc1cccc(Cl)c1. The lowest BCUT2D eigenvalue weighted by molar-refractivity contribution is 0.265. The second-order valence-corrected chi connectivity index (χ2v) is 18.0. The van der Waals surface area contributed by atoms with E-state index in [0.29, 0.717) is 85.7 Å². The van der Waals surface area contributed by atoms with Crippen molar-refractivity contribution in [3.63, 3.8) is 0 Å². The molecule has 15 nitrogen and oxygen atoms in total. The number of anilines is 2. The van der Waals surface area contributed by atoms with E-state index in [1.807, 2.05) is 55.8 Å². The molecule has 332 valence electrons. The Hall–Kier alpha value is -5.16. The lowest BCUT2D eigenvalue weighted by Gasteiger charge is -2.39. The number of ether oxygens (including phenoxy) is 4. The van der Waals surface area contributed by atoms with Gasteiger partial charge < -0.3 is 34.5 Å². The summed E-state index contributed by atoms with van der Waals surface area (Å²) < 4.78 is 25.6. The summed E-state index contributed by atoms with van der Waals surface area (Å²) in [6.45, 7) is 4.25. The molecule has 2 saturated heterocycles.